The number of halogens is 3. The monoisotopic (exact) mass is 354 g/mol. The van der Waals surface area contributed by atoms with E-state index in [4.69, 9.17) is 11.6 Å². The molecule has 0 saturated heterocycles. The predicted octanol–water partition coefficient (Wildman–Crippen LogP) is 3.31. The smallest absolute Gasteiger partial charge is 0.387 e. The Bertz CT molecular complexity index is 724. The highest BCUT2D eigenvalue weighted by Gasteiger charge is 2.11. The van der Waals surface area contributed by atoms with E-state index in [9.17, 15) is 18.4 Å². The molecule has 0 heterocycles. The summed E-state index contributed by atoms with van der Waals surface area (Å²) < 4.78 is 28.3. The van der Waals surface area contributed by atoms with Gasteiger partial charge in [0.1, 0.15) is 5.75 Å². The van der Waals surface area contributed by atoms with Crippen LogP contribution < -0.4 is 15.4 Å². The Hall–Kier alpha value is -2.67. The maximum Gasteiger partial charge on any atom is 0.387 e. The van der Waals surface area contributed by atoms with E-state index in [-0.39, 0.29) is 22.9 Å². The summed E-state index contributed by atoms with van der Waals surface area (Å²) in [4.78, 5) is 23.7. The quantitative estimate of drug-likeness (QED) is 0.836. The fourth-order valence-electron chi connectivity index (χ4n) is 1.83. The average molecular weight is 355 g/mol. The molecule has 2 amide bonds. The molecule has 2 aromatic carbocycles. The Morgan fingerprint density at radius 1 is 1.08 bits per heavy atom. The molecule has 0 aliphatic rings. The molecule has 8 heteroatoms. The van der Waals surface area contributed by atoms with Gasteiger partial charge < -0.3 is 15.4 Å². The molecule has 0 bridgehead atoms. The number of alkyl halides is 2. The van der Waals surface area contributed by atoms with Gasteiger partial charge in [0.25, 0.3) is 5.91 Å². The molecule has 0 atom stereocenters. The summed E-state index contributed by atoms with van der Waals surface area (Å²) in [6.45, 7) is -3.18. The van der Waals surface area contributed by atoms with Crippen LogP contribution in [0.4, 0.5) is 14.5 Å². The predicted molar refractivity (Wildman–Crippen MR) is 85.5 cm³/mol. The van der Waals surface area contributed by atoms with Crippen molar-refractivity contribution in [2.75, 3.05) is 11.9 Å². The van der Waals surface area contributed by atoms with E-state index in [1.807, 2.05) is 0 Å². The molecule has 0 saturated carbocycles. The fourth-order valence-corrected chi connectivity index (χ4v) is 2.05. The van der Waals surface area contributed by atoms with Crippen LogP contribution in [-0.2, 0) is 4.79 Å². The second-order valence-electron chi connectivity index (χ2n) is 4.61. The van der Waals surface area contributed by atoms with E-state index in [0.717, 1.165) is 0 Å². The number of rotatable bonds is 6. The summed E-state index contributed by atoms with van der Waals surface area (Å²) in [5.41, 5.74) is 0.647. The fraction of sp³-hybridized carbons (Fsp3) is 0.125. The summed E-state index contributed by atoms with van der Waals surface area (Å²) in [6.07, 6.45) is 0. The molecule has 0 radical (unpaired) electrons. The van der Waals surface area contributed by atoms with Gasteiger partial charge in [-0.1, -0.05) is 23.7 Å². The van der Waals surface area contributed by atoms with Crippen molar-refractivity contribution >= 4 is 29.1 Å². The van der Waals surface area contributed by atoms with Crippen LogP contribution in [-0.4, -0.2) is 25.0 Å². The molecule has 2 aromatic rings. The van der Waals surface area contributed by atoms with Crippen molar-refractivity contribution in [2.45, 2.75) is 6.61 Å². The number of nitrogens with one attached hydrogen (secondary N) is 2. The Morgan fingerprint density at radius 2 is 1.75 bits per heavy atom. The van der Waals surface area contributed by atoms with Crippen molar-refractivity contribution in [2.24, 2.45) is 0 Å². The summed E-state index contributed by atoms with van der Waals surface area (Å²) in [5, 5.41) is 5.23. The van der Waals surface area contributed by atoms with Gasteiger partial charge in [-0.05, 0) is 36.4 Å². The lowest BCUT2D eigenvalue weighted by Crippen LogP contribution is -2.32. The van der Waals surface area contributed by atoms with E-state index in [2.05, 4.69) is 15.4 Å². The Balaban J connectivity index is 1.85. The van der Waals surface area contributed by atoms with Crippen molar-refractivity contribution in [1.29, 1.82) is 0 Å². The number of amides is 2. The number of benzene rings is 2. The first-order valence-corrected chi connectivity index (χ1v) is 7.21. The maximum atomic E-state index is 12.0. The number of ether oxygens (including phenoxy) is 1. The molecule has 0 aliphatic carbocycles. The van der Waals surface area contributed by atoms with Crippen molar-refractivity contribution in [1.82, 2.24) is 5.32 Å². The van der Waals surface area contributed by atoms with Crippen molar-refractivity contribution in [3.63, 3.8) is 0 Å². The Labute approximate surface area is 141 Å². The van der Waals surface area contributed by atoms with Crippen LogP contribution in [0.2, 0.25) is 5.02 Å². The van der Waals surface area contributed by atoms with Gasteiger partial charge in [-0.15, -0.1) is 0 Å². The Kier molecular flexibility index (Phi) is 6.08. The molecule has 5 nitrogen and oxygen atoms in total. The van der Waals surface area contributed by atoms with Crippen molar-refractivity contribution in [3.05, 3.63) is 59.1 Å². The minimum Gasteiger partial charge on any atom is -0.435 e. The number of carbonyl (C=O) groups is 2. The second kappa shape index (κ2) is 8.26. The first-order chi connectivity index (χ1) is 11.5. The van der Waals surface area contributed by atoms with Gasteiger partial charge in [-0.3, -0.25) is 9.59 Å². The lowest BCUT2D eigenvalue weighted by atomic mass is 10.2. The lowest BCUT2D eigenvalue weighted by Gasteiger charge is -2.09. The molecule has 0 aliphatic heterocycles. The summed E-state index contributed by atoms with van der Waals surface area (Å²) in [6, 6.07) is 11.9. The molecule has 2 N–H and O–H groups in total. The topological polar surface area (TPSA) is 67.4 Å². The van der Waals surface area contributed by atoms with Crippen LogP contribution in [0, 0.1) is 0 Å². The third kappa shape index (κ3) is 5.20. The first-order valence-electron chi connectivity index (χ1n) is 6.83. The number of hydrogen-bond donors (Lipinski definition) is 2. The third-order valence-corrected chi connectivity index (χ3v) is 3.22. The van der Waals surface area contributed by atoms with E-state index in [1.54, 1.807) is 18.2 Å². The lowest BCUT2D eigenvalue weighted by molar-refractivity contribution is -0.115. The van der Waals surface area contributed by atoms with Crippen LogP contribution in [0.5, 0.6) is 5.75 Å². The molecular formula is C16H13ClF2N2O3. The first kappa shape index (κ1) is 17.7. The van der Waals surface area contributed by atoms with E-state index in [1.165, 1.54) is 30.3 Å². The molecule has 126 valence electrons. The minimum atomic E-state index is -2.91. The third-order valence-electron chi connectivity index (χ3n) is 2.89. The van der Waals surface area contributed by atoms with Gasteiger partial charge >= 0.3 is 6.61 Å². The van der Waals surface area contributed by atoms with Gasteiger partial charge in [0.2, 0.25) is 5.91 Å². The zero-order valence-electron chi connectivity index (χ0n) is 12.3. The maximum absolute atomic E-state index is 12.0. The molecule has 0 spiro atoms. The SMILES string of the molecule is O=C(CNC(=O)c1ccccc1Cl)Nc1ccc(OC(F)F)cc1. The zero-order valence-corrected chi connectivity index (χ0v) is 13.0. The minimum absolute atomic E-state index is 0.0185. The van der Waals surface area contributed by atoms with E-state index < -0.39 is 18.4 Å². The van der Waals surface area contributed by atoms with Crippen LogP contribution in [0.3, 0.4) is 0 Å². The highest BCUT2D eigenvalue weighted by Crippen LogP contribution is 2.17. The van der Waals surface area contributed by atoms with Crippen LogP contribution in [0.1, 0.15) is 10.4 Å². The van der Waals surface area contributed by atoms with Gasteiger partial charge in [0.15, 0.2) is 0 Å². The molecule has 2 rings (SSSR count). The number of hydrogen-bond acceptors (Lipinski definition) is 3. The number of anilines is 1. The van der Waals surface area contributed by atoms with Gasteiger partial charge in [0, 0.05) is 5.69 Å². The molecule has 0 fully saturated rings. The average Bonchev–Trinajstić information content (AvgIpc) is 2.54. The molecule has 0 unspecified atom stereocenters. The summed E-state index contributed by atoms with van der Waals surface area (Å²) in [5.74, 6) is -0.968. The normalized spacial score (nSPS) is 10.3. The van der Waals surface area contributed by atoms with Crippen LogP contribution >= 0.6 is 11.6 Å². The van der Waals surface area contributed by atoms with Crippen LogP contribution in [0.25, 0.3) is 0 Å². The largest absolute Gasteiger partial charge is 0.435 e. The van der Waals surface area contributed by atoms with Crippen molar-refractivity contribution in [3.8, 4) is 5.75 Å². The van der Waals surface area contributed by atoms with Crippen LogP contribution in [0.15, 0.2) is 48.5 Å². The highest BCUT2D eigenvalue weighted by atomic mass is 35.5. The molecule has 24 heavy (non-hydrogen) atoms. The second-order valence-corrected chi connectivity index (χ2v) is 5.02. The standard InChI is InChI=1S/C16H13ClF2N2O3/c17-13-4-2-1-3-12(13)15(23)20-9-14(22)21-10-5-7-11(8-6-10)24-16(18)19/h1-8,16H,9H2,(H,20,23)(H,21,22). The van der Waals surface area contributed by atoms with Gasteiger partial charge in [-0.25, -0.2) is 0 Å². The van der Waals surface area contributed by atoms with E-state index >= 15 is 0 Å². The van der Waals surface area contributed by atoms with Gasteiger partial charge in [0.05, 0.1) is 17.1 Å². The number of carbonyl (C=O) groups excluding carboxylic acids is 2. The molecular weight excluding hydrogens is 342 g/mol. The Morgan fingerprint density at radius 3 is 2.38 bits per heavy atom. The zero-order chi connectivity index (χ0) is 17.5. The highest BCUT2D eigenvalue weighted by molar-refractivity contribution is 6.33. The molecule has 0 aromatic heterocycles. The summed E-state index contributed by atoms with van der Waals surface area (Å²) in [7, 11) is 0. The van der Waals surface area contributed by atoms with E-state index in [0.29, 0.717) is 5.69 Å². The summed E-state index contributed by atoms with van der Waals surface area (Å²) >= 11 is 5.89. The van der Waals surface area contributed by atoms with Crippen molar-refractivity contribution < 1.29 is 23.1 Å². The van der Waals surface area contributed by atoms with Gasteiger partial charge in [-0.2, -0.15) is 8.78 Å².